The molecule has 0 bridgehead atoms. The average Bonchev–Trinajstić information content (AvgIpc) is 2.16. The lowest BCUT2D eigenvalue weighted by Gasteiger charge is -2.02. The number of hydrogen-bond acceptors (Lipinski definition) is 1. The van der Waals surface area contributed by atoms with Crippen LogP contribution in [-0.2, 0) is 6.40 Å². The van der Waals surface area contributed by atoms with Gasteiger partial charge < -0.3 is 5.73 Å². The molecule has 1 aromatic carbocycles. The van der Waals surface area contributed by atoms with Crippen LogP contribution in [0.5, 0.6) is 0 Å². The van der Waals surface area contributed by atoms with Crippen LogP contribution >= 0.6 is 12.4 Å². The highest BCUT2D eigenvalue weighted by Gasteiger charge is 1.94. The number of halogens is 1. The molecule has 0 aliphatic rings. The molecule has 0 fully saturated rings. The molecular weight excluding hydrogens is 158 g/mol. The van der Waals surface area contributed by atoms with Gasteiger partial charge in [0, 0.05) is 12.9 Å². The molecule has 2 N–H and O–H groups in total. The molecule has 1 rings (SSSR count). The Balaban J connectivity index is 0.00000225. The van der Waals surface area contributed by atoms with Crippen LogP contribution in [0, 0.1) is 0 Å². The van der Waals surface area contributed by atoms with Crippen LogP contribution in [0.2, 0.25) is 0 Å². The van der Waals surface area contributed by atoms with Gasteiger partial charge in [-0.1, -0.05) is 30.3 Å². The number of rotatable bonds is 2. The largest absolute Gasteiger partial charge is 0.328 e. The lowest BCUT2D eigenvalue weighted by Crippen LogP contribution is -2.17. The summed E-state index contributed by atoms with van der Waals surface area (Å²) in [4.78, 5) is 0. The highest BCUT2D eigenvalue weighted by molar-refractivity contribution is 5.85. The second-order valence-electron chi connectivity index (χ2n) is 2.01. The smallest absolute Gasteiger partial charge is 0.0463 e. The van der Waals surface area contributed by atoms with Gasteiger partial charge in [-0.3, -0.25) is 0 Å². The minimum absolute atomic E-state index is 0. The fourth-order valence-electron chi connectivity index (χ4n) is 0.729. The number of nitrogens with two attached hydrogens (primary N) is 1. The Morgan fingerprint density at radius 3 is 2.82 bits per heavy atom. The van der Waals surface area contributed by atoms with Crippen LogP contribution in [0.15, 0.2) is 30.3 Å². The van der Waals surface area contributed by atoms with Crippen molar-refractivity contribution in [2.45, 2.75) is 19.3 Å². The standard InChI is InChI=1S/C9H13N.ClH/c1-8(10)7-9-5-3-2-4-6-9;/h2-6,8H,7,10H2,1H3;1H/i1D3,7D,8D;. The van der Waals surface area contributed by atoms with Crippen molar-refractivity contribution in [3.63, 3.8) is 0 Å². The summed E-state index contributed by atoms with van der Waals surface area (Å²) < 4.78 is 36.6. The molecule has 0 aliphatic carbocycles. The van der Waals surface area contributed by atoms with E-state index in [4.69, 9.17) is 12.6 Å². The molecule has 62 valence electrons. The van der Waals surface area contributed by atoms with E-state index < -0.39 is 19.3 Å². The third kappa shape index (κ3) is 4.02. The quantitative estimate of drug-likeness (QED) is 0.733. The van der Waals surface area contributed by atoms with Crippen LogP contribution in [0.4, 0.5) is 0 Å². The van der Waals surface area contributed by atoms with Crippen molar-refractivity contribution in [2.24, 2.45) is 5.73 Å². The first-order valence-electron chi connectivity index (χ1n) is 5.60. The molecule has 11 heavy (non-hydrogen) atoms. The predicted octanol–water partition coefficient (Wildman–Crippen LogP) is 2.00. The second kappa shape index (κ2) is 5.16. The molecule has 0 aliphatic heterocycles. The topological polar surface area (TPSA) is 26.0 Å². The molecule has 0 amide bonds. The Morgan fingerprint density at radius 1 is 1.64 bits per heavy atom. The maximum atomic E-state index is 7.70. The molecule has 2 atom stereocenters. The lowest BCUT2D eigenvalue weighted by atomic mass is 10.1. The average molecular weight is 177 g/mol. The Kier molecular flexibility index (Phi) is 2.11. The van der Waals surface area contributed by atoms with Crippen molar-refractivity contribution in [2.75, 3.05) is 0 Å². The minimum Gasteiger partial charge on any atom is -0.328 e. The highest BCUT2D eigenvalue weighted by atomic mass is 35.5. The Morgan fingerprint density at radius 2 is 2.27 bits per heavy atom. The van der Waals surface area contributed by atoms with Gasteiger partial charge >= 0.3 is 0 Å². The summed E-state index contributed by atoms with van der Waals surface area (Å²) in [6.45, 7) is -2.67. The van der Waals surface area contributed by atoms with Crippen molar-refractivity contribution in [3.05, 3.63) is 35.9 Å². The van der Waals surface area contributed by atoms with Crippen molar-refractivity contribution >= 4 is 12.4 Å². The van der Waals surface area contributed by atoms with Crippen molar-refractivity contribution in [1.82, 2.24) is 0 Å². The van der Waals surface area contributed by atoms with Gasteiger partial charge in [-0.25, -0.2) is 0 Å². The minimum atomic E-state index is -2.67. The van der Waals surface area contributed by atoms with E-state index in [1.807, 2.05) is 0 Å². The molecule has 0 saturated heterocycles. The Bertz CT molecular complexity index is 324. The van der Waals surface area contributed by atoms with Gasteiger partial charge in [0.2, 0.25) is 0 Å². The van der Waals surface area contributed by atoms with Crippen LogP contribution in [0.1, 0.15) is 19.3 Å². The van der Waals surface area contributed by atoms with E-state index in [-0.39, 0.29) is 12.4 Å². The van der Waals surface area contributed by atoms with Gasteiger partial charge in [-0.2, -0.15) is 0 Å². The molecule has 0 radical (unpaired) electrons. The number of benzene rings is 1. The first-order valence-corrected chi connectivity index (χ1v) is 3.03. The second-order valence-corrected chi connectivity index (χ2v) is 2.01. The zero-order valence-corrected chi connectivity index (χ0v) is 6.77. The van der Waals surface area contributed by atoms with Crippen molar-refractivity contribution in [3.8, 4) is 0 Å². The van der Waals surface area contributed by atoms with E-state index in [9.17, 15) is 0 Å². The zero-order chi connectivity index (χ0) is 11.7. The zero-order valence-electron chi connectivity index (χ0n) is 10.9. The van der Waals surface area contributed by atoms with E-state index in [1.54, 1.807) is 30.3 Å². The Hall–Kier alpha value is -0.530. The van der Waals surface area contributed by atoms with Gasteiger partial charge in [-0.15, -0.1) is 12.4 Å². The summed E-state index contributed by atoms with van der Waals surface area (Å²) in [5.41, 5.74) is 5.82. The predicted molar refractivity (Wildman–Crippen MR) is 51.0 cm³/mol. The maximum absolute atomic E-state index is 7.70. The SMILES string of the molecule is Cl.[2H]C(c1ccccc1)C([2H])(N)C([2H])([2H])[2H]. The van der Waals surface area contributed by atoms with Crippen LogP contribution in [0.25, 0.3) is 0 Å². The monoisotopic (exact) mass is 176 g/mol. The van der Waals surface area contributed by atoms with Gasteiger partial charge in [0.25, 0.3) is 0 Å². The van der Waals surface area contributed by atoms with E-state index in [2.05, 4.69) is 0 Å². The van der Waals surface area contributed by atoms with Crippen molar-refractivity contribution < 1.29 is 6.85 Å². The third-order valence-corrected chi connectivity index (χ3v) is 1.12. The van der Waals surface area contributed by atoms with Crippen LogP contribution in [0.3, 0.4) is 0 Å². The van der Waals surface area contributed by atoms with Gasteiger partial charge in [0.05, 0.1) is 0 Å². The summed E-state index contributed by atoms with van der Waals surface area (Å²) in [5, 5.41) is 0. The summed E-state index contributed by atoms with van der Waals surface area (Å²) >= 11 is 0. The molecule has 0 aromatic heterocycles. The van der Waals surface area contributed by atoms with E-state index >= 15 is 0 Å². The maximum Gasteiger partial charge on any atom is 0.0463 e. The first-order chi connectivity index (χ1) is 6.77. The van der Waals surface area contributed by atoms with Gasteiger partial charge in [0.15, 0.2) is 0 Å². The number of hydrogen-bond donors (Lipinski definition) is 1. The normalized spacial score (nSPS) is 25.4. The fraction of sp³-hybridized carbons (Fsp3) is 0.333. The van der Waals surface area contributed by atoms with Gasteiger partial charge in [-0.05, 0) is 18.8 Å². The van der Waals surface area contributed by atoms with Crippen LogP contribution in [-0.4, -0.2) is 6.02 Å². The first kappa shape index (κ1) is 4.48. The highest BCUT2D eigenvalue weighted by Crippen LogP contribution is 2.00. The lowest BCUT2D eigenvalue weighted by molar-refractivity contribution is 0.738. The fourth-order valence-corrected chi connectivity index (χ4v) is 0.729. The van der Waals surface area contributed by atoms with E-state index in [0.717, 1.165) is 0 Å². The molecule has 1 aromatic rings. The summed E-state index contributed by atoms with van der Waals surface area (Å²) in [6.07, 6.45) is -1.29. The molecule has 0 saturated carbocycles. The van der Waals surface area contributed by atoms with E-state index in [0.29, 0.717) is 5.56 Å². The molecule has 2 heteroatoms. The molecule has 0 heterocycles. The van der Waals surface area contributed by atoms with Crippen molar-refractivity contribution in [1.29, 1.82) is 0 Å². The summed E-state index contributed by atoms with van der Waals surface area (Å²) in [5.74, 6) is 0. The summed E-state index contributed by atoms with van der Waals surface area (Å²) in [7, 11) is 0. The van der Waals surface area contributed by atoms with Gasteiger partial charge in [0.1, 0.15) is 0 Å². The molecule has 0 spiro atoms. The van der Waals surface area contributed by atoms with E-state index in [1.165, 1.54) is 0 Å². The van der Waals surface area contributed by atoms with Crippen LogP contribution < -0.4 is 5.73 Å². The Labute approximate surface area is 81.0 Å². The molecule has 1 nitrogen and oxygen atoms in total. The molecular formula is C9H14ClN. The molecule has 2 unspecified atom stereocenters. The third-order valence-electron chi connectivity index (χ3n) is 1.12. The summed E-state index contributed by atoms with van der Waals surface area (Å²) in [6, 6.07) is 6.04.